The van der Waals surface area contributed by atoms with Gasteiger partial charge in [0.25, 0.3) is 5.91 Å². The third kappa shape index (κ3) is 2.05. The Balaban J connectivity index is 2.39. The molecule has 6 nitrogen and oxygen atoms in total. The van der Waals surface area contributed by atoms with Gasteiger partial charge in [-0.3, -0.25) is 4.79 Å². The molecule has 0 spiro atoms. The maximum Gasteiger partial charge on any atom is 0.254 e. The van der Waals surface area contributed by atoms with Crippen molar-refractivity contribution in [1.29, 1.82) is 0 Å². The maximum atomic E-state index is 11.0. The molecule has 0 aliphatic rings. The fourth-order valence-electron chi connectivity index (χ4n) is 1.44. The molecule has 1 heterocycles. The van der Waals surface area contributed by atoms with Crippen LogP contribution >= 0.6 is 0 Å². The van der Waals surface area contributed by atoms with E-state index in [0.29, 0.717) is 0 Å². The number of benzene rings is 1. The smallest absolute Gasteiger partial charge is 0.254 e. The Morgan fingerprint density at radius 2 is 2.00 bits per heavy atom. The molecule has 2 rings (SSSR count). The van der Waals surface area contributed by atoms with Gasteiger partial charge in [-0.1, -0.05) is 0 Å². The second-order valence-electron chi connectivity index (χ2n) is 3.43. The van der Waals surface area contributed by atoms with E-state index < -0.39 is 5.91 Å². The summed E-state index contributed by atoms with van der Waals surface area (Å²) in [5, 5.41) is 4.01. The van der Waals surface area contributed by atoms with E-state index >= 15 is 0 Å². The number of nitrogen functional groups attached to an aromatic ring is 1. The van der Waals surface area contributed by atoms with Gasteiger partial charge in [0.1, 0.15) is 11.3 Å². The molecule has 0 aliphatic heterocycles. The van der Waals surface area contributed by atoms with Crippen molar-refractivity contribution in [2.24, 2.45) is 5.73 Å². The number of anilines is 1. The van der Waals surface area contributed by atoms with Crippen molar-refractivity contribution in [2.75, 3.05) is 12.8 Å². The van der Waals surface area contributed by atoms with Gasteiger partial charge in [0, 0.05) is 6.20 Å². The number of amides is 1. The van der Waals surface area contributed by atoms with E-state index in [1.165, 1.54) is 10.9 Å². The Labute approximate surface area is 97.8 Å². The van der Waals surface area contributed by atoms with E-state index in [2.05, 4.69) is 5.10 Å². The van der Waals surface area contributed by atoms with Crippen molar-refractivity contribution < 1.29 is 9.53 Å². The van der Waals surface area contributed by atoms with Gasteiger partial charge in [0.05, 0.1) is 12.8 Å². The molecule has 0 saturated heterocycles. The molecule has 4 N–H and O–H groups in total. The molecule has 1 aromatic carbocycles. The fraction of sp³-hybridized carbons (Fsp3) is 0.0909. The average molecular weight is 232 g/mol. The number of hydrogen-bond acceptors (Lipinski definition) is 4. The molecule has 0 bridgehead atoms. The summed E-state index contributed by atoms with van der Waals surface area (Å²) < 4.78 is 6.54. The van der Waals surface area contributed by atoms with Gasteiger partial charge in [0.2, 0.25) is 0 Å². The van der Waals surface area contributed by atoms with Crippen molar-refractivity contribution in [3.63, 3.8) is 0 Å². The van der Waals surface area contributed by atoms with E-state index in [-0.39, 0.29) is 11.4 Å². The zero-order chi connectivity index (χ0) is 12.4. The van der Waals surface area contributed by atoms with Crippen LogP contribution in [0.1, 0.15) is 10.4 Å². The average Bonchev–Trinajstić information content (AvgIpc) is 2.71. The van der Waals surface area contributed by atoms with Crippen LogP contribution in [0.5, 0.6) is 5.75 Å². The predicted molar refractivity (Wildman–Crippen MR) is 63.0 cm³/mol. The van der Waals surface area contributed by atoms with Crippen LogP contribution in [0.2, 0.25) is 0 Å². The van der Waals surface area contributed by atoms with Crippen LogP contribution in [-0.2, 0) is 0 Å². The molecule has 0 atom stereocenters. The summed E-state index contributed by atoms with van der Waals surface area (Å²) in [6, 6.07) is 7.18. The lowest BCUT2D eigenvalue weighted by molar-refractivity contribution is 0.100. The summed E-state index contributed by atoms with van der Waals surface area (Å²) in [5.41, 5.74) is 11.7. The molecule has 0 unspecified atom stereocenters. The predicted octanol–water partition coefficient (Wildman–Crippen LogP) is 0.562. The van der Waals surface area contributed by atoms with Crippen LogP contribution in [-0.4, -0.2) is 22.8 Å². The first-order chi connectivity index (χ1) is 8.11. The zero-order valence-corrected chi connectivity index (χ0v) is 9.25. The topological polar surface area (TPSA) is 96.2 Å². The highest BCUT2D eigenvalue weighted by molar-refractivity contribution is 5.96. The fourth-order valence-corrected chi connectivity index (χ4v) is 1.44. The van der Waals surface area contributed by atoms with E-state index in [9.17, 15) is 4.79 Å². The molecular weight excluding hydrogens is 220 g/mol. The molecule has 1 aromatic heterocycles. The normalized spacial score (nSPS) is 10.2. The van der Waals surface area contributed by atoms with E-state index in [1.807, 2.05) is 0 Å². The summed E-state index contributed by atoms with van der Waals surface area (Å²) in [7, 11) is 1.59. The van der Waals surface area contributed by atoms with Crippen LogP contribution in [0.15, 0.2) is 30.5 Å². The van der Waals surface area contributed by atoms with Gasteiger partial charge in [0.15, 0.2) is 5.82 Å². The Bertz CT molecular complexity index is 545. The summed E-state index contributed by atoms with van der Waals surface area (Å²) in [6.07, 6.45) is 1.50. The number of carbonyl (C=O) groups is 1. The Kier molecular flexibility index (Phi) is 2.70. The highest BCUT2D eigenvalue weighted by atomic mass is 16.5. The summed E-state index contributed by atoms with van der Waals surface area (Å²) in [4.78, 5) is 11.0. The molecule has 0 fully saturated rings. The zero-order valence-electron chi connectivity index (χ0n) is 9.25. The number of hydrogen-bond donors (Lipinski definition) is 2. The Morgan fingerprint density at radius 1 is 1.35 bits per heavy atom. The lowest BCUT2D eigenvalue weighted by Crippen LogP contribution is -2.11. The van der Waals surface area contributed by atoms with Crippen molar-refractivity contribution in [3.8, 4) is 11.4 Å². The largest absolute Gasteiger partial charge is 0.497 e. The molecule has 0 aliphatic carbocycles. The number of rotatable bonds is 3. The molecule has 2 aromatic rings. The third-order valence-corrected chi connectivity index (χ3v) is 2.35. The highest BCUT2D eigenvalue weighted by Gasteiger charge is 2.11. The van der Waals surface area contributed by atoms with E-state index in [1.54, 1.807) is 31.4 Å². The van der Waals surface area contributed by atoms with E-state index in [0.717, 1.165) is 11.4 Å². The highest BCUT2D eigenvalue weighted by Crippen LogP contribution is 2.17. The minimum atomic E-state index is -0.595. The molecule has 17 heavy (non-hydrogen) atoms. The monoisotopic (exact) mass is 232 g/mol. The van der Waals surface area contributed by atoms with Crippen molar-refractivity contribution in [1.82, 2.24) is 9.78 Å². The standard InChI is InChI=1S/C11H12N4O2/c1-17-8-4-2-7(3-5-8)15-6-9(11(13)16)10(12)14-15/h2-6H,1H3,(H2,12,14)(H2,13,16). The van der Waals surface area contributed by atoms with Gasteiger partial charge in [-0.15, -0.1) is 5.10 Å². The molecule has 0 radical (unpaired) electrons. The first-order valence-corrected chi connectivity index (χ1v) is 4.91. The van der Waals surface area contributed by atoms with Gasteiger partial charge < -0.3 is 16.2 Å². The minimum Gasteiger partial charge on any atom is -0.497 e. The lowest BCUT2D eigenvalue weighted by Gasteiger charge is -2.02. The van der Waals surface area contributed by atoms with Gasteiger partial charge in [-0.05, 0) is 24.3 Å². The number of methoxy groups -OCH3 is 1. The number of aromatic nitrogens is 2. The number of primary amides is 1. The molecule has 6 heteroatoms. The number of nitrogens with two attached hydrogens (primary N) is 2. The van der Waals surface area contributed by atoms with Gasteiger partial charge >= 0.3 is 0 Å². The van der Waals surface area contributed by atoms with Gasteiger partial charge in [-0.25, -0.2) is 4.68 Å². The van der Waals surface area contributed by atoms with Gasteiger partial charge in [-0.2, -0.15) is 0 Å². The van der Waals surface area contributed by atoms with E-state index in [4.69, 9.17) is 16.2 Å². The maximum absolute atomic E-state index is 11.0. The Morgan fingerprint density at radius 3 is 2.47 bits per heavy atom. The second-order valence-corrected chi connectivity index (χ2v) is 3.43. The van der Waals surface area contributed by atoms with Crippen molar-refractivity contribution in [3.05, 3.63) is 36.0 Å². The second kappa shape index (κ2) is 4.17. The molecular formula is C11H12N4O2. The van der Waals surface area contributed by atoms with Crippen LogP contribution < -0.4 is 16.2 Å². The van der Waals surface area contributed by atoms with Crippen LogP contribution in [0.4, 0.5) is 5.82 Å². The van der Waals surface area contributed by atoms with Crippen molar-refractivity contribution >= 4 is 11.7 Å². The van der Waals surface area contributed by atoms with Crippen LogP contribution in [0, 0.1) is 0 Å². The lowest BCUT2D eigenvalue weighted by atomic mass is 10.3. The van der Waals surface area contributed by atoms with Crippen LogP contribution in [0.25, 0.3) is 5.69 Å². The summed E-state index contributed by atoms with van der Waals surface area (Å²) in [6.45, 7) is 0. The summed E-state index contributed by atoms with van der Waals surface area (Å²) in [5.74, 6) is 0.264. The quantitative estimate of drug-likeness (QED) is 0.808. The molecule has 88 valence electrons. The first-order valence-electron chi connectivity index (χ1n) is 4.91. The van der Waals surface area contributed by atoms with Crippen LogP contribution in [0.3, 0.4) is 0 Å². The minimum absolute atomic E-state index is 0.119. The molecule has 1 amide bonds. The molecule has 0 saturated carbocycles. The number of nitrogens with zero attached hydrogens (tertiary/aromatic N) is 2. The number of carbonyl (C=O) groups excluding carboxylic acids is 1. The van der Waals surface area contributed by atoms with Crippen molar-refractivity contribution in [2.45, 2.75) is 0 Å². The summed E-state index contributed by atoms with van der Waals surface area (Å²) >= 11 is 0. The third-order valence-electron chi connectivity index (χ3n) is 2.35. The first kappa shape index (κ1) is 11.0. The SMILES string of the molecule is COc1ccc(-n2cc(C(N)=O)c(N)n2)cc1. The number of ether oxygens (including phenoxy) is 1. The Hall–Kier alpha value is -2.50.